The van der Waals surface area contributed by atoms with Crippen molar-refractivity contribution in [2.24, 2.45) is 0 Å². The Hall–Kier alpha value is -1.09. The molecule has 1 atom stereocenters. The first-order valence-corrected chi connectivity index (χ1v) is 5.42. The van der Waals surface area contributed by atoms with Gasteiger partial charge in [-0.3, -0.25) is 9.78 Å². The summed E-state index contributed by atoms with van der Waals surface area (Å²) in [6, 6.07) is 3.45. The number of carbonyl (C=O) groups excluding carboxylic acids is 1. The molecule has 82 valence electrons. The number of aryl methyl sites for hydroxylation is 1. The molecule has 1 unspecified atom stereocenters. The van der Waals surface area contributed by atoms with Crippen molar-refractivity contribution in [2.45, 2.75) is 25.6 Å². The van der Waals surface area contributed by atoms with E-state index in [2.05, 4.69) is 10.3 Å². The van der Waals surface area contributed by atoms with E-state index in [0.717, 1.165) is 12.1 Å². The summed E-state index contributed by atoms with van der Waals surface area (Å²) >= 11 is 5.90. The van der Waals surface area contributed by atoms with E-state index in [1.54, 1.807) is 18.3 Å². The Balaban J connectivity index is 2.54. The van der Waals surface area contributed by atoms with Crippen LogP contribution in [0.25, 0.3) is 0 Å². The van der Waals surface area contributed by atoms with Crippen LogP contribution in [0.2, 0.25) is 0 Å². The standard InChI is InChI=1S/C11H15ClN2O/c1-3-10(12)7-14-11(15)9-4-5-13-8(2)6-9/h4-6,10H,3,7H2,1-2H3,(H,14,15). The molecule has 0 aliphatic carbocycles. The fraction of sp³-hybridized carbons (Fsp3) is 0.455. The van der Waals surface area contributed by atoms with Crippen molar-refractivity contribution in [1.29, 1.82) is 0 Å². The molecule has 0 aromatic carbocycles. The molecule has 0 spiro atoms. The van der Waals surface area contributed by atoms with E-state index < -0.39 is 0 Å². The fourth-order valence-electron chi connectivity index (χ4n) is 1.14. The van der Waals surface area contributed by atoms with Gasteiger partial charge in [0.15, 0.2) is 0 Å². The molecule has 3 nitrogen and oxygen atoms in total. The normalized spacial score (nSPS) is 12.2. The van der Waals surface area contributed by atoms with Crippen LogP contribution in [0.3, 0.4) is 0 Å². The van der Waals surface area contributed by atoms with Gasteiger partial charge in [0.2, 0.25) is 0 Å². The van der Waals surface area contributed by atoms with E-state index in [9.17, 15) is 4.79 Å². The predicted octanol–water partition coefficient (Wildman–Crippen LogP) is 2.14. The molecular formula is C11H15ClN2O. The number of nitrogens with zero attached hydrogens (tertiary/aromatic N) is 1. The Morgan fingerprint density at radius 3 is 3.00 bits per heavy atom. The van der Waals surface area contributed by atoms with Gasteiger partial charge in [-0.15, -0.1) is 11.6 Å². The number of hydrogen-bond acceptors (Lipinski definition) is 2. The molecule has 1 rings (SSSR count). The Morgan fingerprint density at radius 2 is 2.40 bits per heavy atom. The van der Waals surface area contributed by atoms with Gasteiger partial charge in [0.1, 0.15) is 0 Å². The van der Waals surface area contributed by atoms with Crippen molar-refractivity contribution in [3.63, 3.8) is 0 Å². The third-order valence-corrected chi connectivity index (χ3v) is 2.55. The molecule has 1 N–H and O–H groups in total. The number of carbonyl (C=O) groups is 1. The maximum Gasteiger partial charge on any atom is 0.251 e. The topological polar surface area (TPSA) is 42.0 Å². The Kier molecular flexibility index (Phi) is 4.56. The van der Waals surface area contributed by atoms with Crippen LogP contribution in [-0.2, 0) is 0 Å². The lowest BCUT2D eigenvalue weighted by Crippen LogP contribution is -2.29. The zero-order valence-electron chi connectivity index (χ0n) is 8.96. The highest BCUT2D eigenvalue weighted by Crippen LogP contribution is 2.02. The summed E-state index contributed by atoms with van der Waals surface area (Å²) in [6.07, 6.45) is 2.47. The fourth-order valence-corrected chi connectivity index (χ4v) is 1.21. The van der Waals surface area contributed by atoms with E-state index >= 15 is 0 Å². The van der Waals surface area contributed by atoms with E-state index in [4.69, 9.17) is 11.6 Å². The molecule has 1 amide bonds. The minimum Gasteiger partial charge on any atom is -0.351 e. The molecule has 0 bridgehead atoms. The number of halogens is 1. The summed E-state index contributed by atoms with van der Waals surface area (Å²) in [5.41, 5.74) is 1.46. The number of aromatic nitrogens is 1. The monoisotopic (exact) mass is 226 g/mol. The first-order chi connectivity index (χ1) is 7.13. The Bertz CT molecular complexity index is 341. The third-order valence-electron chi connectivity index (χ3n) is 2.09. The van der Waals surface area contributed by atoms with Crippen molar-refractivity contribution in [3.05, 3.63) is 29.6 Å². The molecule has 0 aliphatic heterocycles. The summed E-state index contributed by atoms with van der Waals surface area (Å²) in [7, 11) is 0. The van der Waals surface area contributed by atoms with Crippen molar-refractivity contribution in [1.82, 2.24) is 10.3 Å². The van der Waals surface area contributed by atoms with Gasteiger partial charge >= 0.3 is 0 Å². The Morgan fingerprint density at radius 1 is 1.67 bits per heavy atom. The van der Waals surface area contributed by atoms with E-state index in [1.165, 1.54) is 0 Å². The van der Waals surface area contributed by atoms with Gasteiger partial charge in [-0.1, -0.05) is 6.92 Å². The van der Waals surface area contributed by atoms with Gasteiger partial charge in [-0.25, -0.2) is 0 Å². The van der Waals surface area contributed by atoms with Crippen LogP contribution >= 0.6 is 11.6 Å². The number of alkyl halides is 1. The lowest BCUT2D eigenvalue weighted by molar-refractivity contribution is 0.0953. The largest absolute Gasteiger partial charge is 0.351 e. The van der Waals surface area contributed by atoms with Gasteiger partial charge in [0.25, 0.3) is 5.91 Å². The maximum atomic E-state index is 11.6. The van der Waals surface area contributed by atoms with Crippen LogP contribution in [0.15, 0.2) is 18.3 Å². The quantitative estimate of drug-likeness (QED) is 0.800. The summed E-state index contributed by atoms with van der Waals surface area (Å²) in [5.74, 6) is -0.0976. The minimum atomic E-state index is -0.0976. The van der Waals surface area contributed by atoms with Gasteiger partial charge in [-0.2, -0.15) is 0 Å². The molecule has 0 aliphatic rings. The molecular weight excluding hydrogens is 212 g/mol. The van der Waals surface area contributed by atoms with E-state index in [1.807, 2.05) is 13.8 Å². The molecule has 1 aromatic heterocycles. The molecule has 4 heteroatoms. The summed E-state index contributed by atoms with van der Waals surface area (Å²) in [5, 5.41) is 2.78. The second-order valence-corrected chi connectivity index (χ2v) is 4.02. The highest BCUT2D eigenvalue weighted by Gasteiger charge is 2.07. The van der Waals surface area contributed by atoms with Crippen LogP contribution in [0.1, 0.15) is 29.4 Å². The predicted molar refractivity (Wildman–Crippen MR) is 61.2 cm³/mol. The van der Waals surface area contributed by atoms with Crippen LogP contribution in [-0.4, -0.2) is 22.8 Å². The van der Waals surface area contributed by atoms with Gasteiger partial charge in [0, 0.05) is 24.0 Å². The summed E-state index contributed by atoms with van der Waals surface area (Å²) in [6.45, 7) is 4.34. The summed E-state index contributed by atoms with van der Waals surface area (Å²) in [4.78, 5) is 15.6. The van der Waals surface area contributed by atoms with Crippen LogP contribution in [0.5, 0.6) is 0 Å². The van der Waals surface area contributed by atoms with Crippen molar-refractivity contribution < 1.29 is 4.79 Å². The average Bonchev–Trinajstić information content (AvgIpc) is 2.25. The van der Waals surface area contributed by atoms with Gasteiger partial charge in [-0.05, 0) is 25.5 Å². The van der Waals surface area contributed by atoms with Gasteiger partial charge < -0.3 is 5.32 Å². The Labute approximate surface area is 94.9 Å². The lowest BCUT2D eigenvalue weighted by Gasteiger charge is -2.08. The second kappa shape index (κ2) is 5.71. The highest BCUT2D eigenvalue weighted by molar-refractivity contribution is 6.20. The molecule has 0 fully saturated rings. The zero-order chi connectivity index (χ0) is 11.3. The number of rotatable bonds is 4. The molecule has 1 aromatic rings. The number of amides is 1. The minimum absolute atomic E-state index is 0.00289. The molecule has 0 saturated heterocycles. The van der Waals surface area contributed by atoms with Crippen molar-refractivity contribution in [2.75, 3.05) is 6.54 Å². The number of hydrogen-bond donors (Lipinski definition) is 1. The molecule has 15 heavy (non-hydrogen) atoms. The smallest absolute Gasteiger partial charge is 0.251 e. The van der Waals surface area contributed by atoms with Crippen LogP contribution in [0.4, 0.5) is 0 Å². The van der Waals surface area contributed by atoms with Crippen LogP contribution < -0.4 is 5.32 Å². The zero-order valence-corrected chi connectivity index (χ0v) is 9.71. The highest BCUT2D eigenvalue weighted by atomic mass is 35.5. The molecule has 1 heterocycles. The number of pyridine rings is 1. The second-order valence-electron chi connectivity index (χ2n) is 3.40. The molecule has 0 radical (unpaired) electrons. The first kappa shape index (κ1) is 12.0. The van der Waals surface area contributed by atoms with Crippen molar-refractivity contribution >= 4 is 17.5 Å². The lowest BCUT2D eigenvalue weighted by atomic mass is 10.2. The average molecular weight is 227 g/mol. The van der Waals surface area contributed by atoms with E-state index in [-0.39, 0.29) is 11.3 Å². The van der Waals surface area contributed by atoms with Crippen LogP contribution in [0, 0.1) is 6.92 Å². The van der Waals surface area contributed by atoms with Crippen molar-refractivity contribution in [3.8, 4) is 0 Å². The van der Waals surface area contributed by atoms with E-state index in [0.29, 0.717) is 12.1 Å². The number of nitrogens with one attached hydrogen (secondary N) is 1. The SMILES string of the molecule is CCC(Cl)CNC(=O)c1ccnc(C)c1. The molecule has 0 saturated carbocycles. The maximum absolute atomic E-state index is 11.6. The van der Waals surface area contributed by atoms with Gasteiger partial charge in [0.05, 0.1) is 5.38 Å². The first-order valence-electron chi connectivity index (χ1n) is 4.98. The summed E-state index contributed by atoms with van der Waals surface area (Å²) < 4.78 is 0. The third kappa shape index (κ3) is 3.88.